The van der Waals surface area contributed by atoms with Crippen molar-refractivity contribution in [2.75, 3.05) is 5.32 Å². The molecule has 112 valence electrons. The minimum atomic E-state index is 0.144. The molecular weight excluding hydrogens is 303 g/mol. The molecule has 4 heteroatoms. The SMILES string of the molecule is Cc1cc(Cl)nc(Cl)c1NC(C)c1ccc(C(C)C)cc1. The molecule has 21 heavy (non-hydrogen) atoms. The van der Waals surface area contributed by atoms with Gasteiger partial charge in [-0.05, 0) is 42.5 Å². The van der Waals surface area contributed by atoms with Gasteiger partial charge in [-0.2, -0.15) is 0 Å². The normalized spacial score (nSPS) is 12.5. The smallest absolute Gasteiger partial charge is 0.154 e. The van der Waals surface area contributed by atoms with Crippen LogP contribution in [-0.2, 0) is 0 Å². The van der Waals surface area contributed by atoms with E-state index in [0.717, 1.165) is 11.3 Å². The molecule has 1 aromatic heterocycles. The molecule has 2 aromatic rings. The van der Waals surface area contributed by atoms with Gasteiger partial charge in [-0.25, -0.2) is 4.98 Å². The molecule has 0 bridgehead atoms. The summed E-state index contributed by atoms with van der Waals surface area (Å²) in [5, 5.41) is 4.24. The van der Waals surface area contributed by atoms with Crippen molar-refractivity contribution in [1.29, 1.82) is 0 Å². The van der Waals surface area contributed by atoms with Crippen molar-refractivity contribution >= 4 is 28.9 Å². The Morgan fingerprint density at radius 3 is 2.10 bits per heavy atom. The number of nitrogens with zero attached hydrogens (tertiary/aromatic N) is 1. The third-order valence-electron chi connectivity index (χ3n) is 3.61. The summed E-state index contributed by atoms with van der Waals surface area (Å²) < 4.78 is 0. The Kier molecular flexibility index (Phi) is 5.13. The van der Waals surface area contributed by atoms with E-state index in [1.165, 1.54) is 11.1 Å². The Morgan fingerprint density at radius 1 is 1.00 bits per heavy atom. The van der Waals surface area contributed by atoms with E-state index >= 15 is 0 Å². The molecule has 0 aliphatic heterocycles. The molecule has 0 saturated carbocycles. The fraction of sp³-hybridized carbons (Fsp3) is 0.353. The highest BCUT2D eigenvalue weighted by molar-refractivity contribution is 6.34. The molecular formula is C17H20Cl2N2. The zero-order valence-corrected chi connectivity index (χ0v) is 14.3. The summed E-state index contributed by atoms with van der Waals surface area (Å²) in [5.41, 5.74) is 4.38. The lowest BCUT2D eigenvalue weighted by atomic mass is 9.99. The van der Waals surface area contributed by atoms with Crippen molar-refractivity contribution in [3.8, 4) is 0 Å². The van der Waals surface area contributed by atoms with E-state index in [2.05, 4.69) is 55.3 Å². The van der Waals surface area contributed by atoms with Gasteiger partial charge in [-0.15, -0.1) is 0 Å². The molecule has 1 aromatic carbocycles. The van der Waals surface area contributed by atoms with Gasteiger partial charge in [0, 0.05) is 6.04 Å². The number of pyridine rings is 1. The van der Waals surface area contributed by atoms with E-state index in [1.807, 2.05) is 13.0 Å². The number of hydrogen-bond acceptors (Lipinski definition) is 2. The van der Waals surface area contributed by atoms with Crippen LogP contribution in [0.3, 0.4) is 0 Å². The molecule has 2 rings (SSSR count). The lowest BCUT2D eigenvalue weighted by Gasteiger charge is -2.19. The van der Waals surface area contributed by atoms with Gasteiger partial charge in [-0.1, -0.05) is 61.3 Å². The Balaban J connectivity index is 2.20. The predicted molar refractivity (Wildman–Crippen MR) is 91.6 cm³/mol. The van der Waals surface area contributed by atoms with Gasteiger partial charge in [-0.3, -0.25) is 0 Å². The molecule has 1 N–H and O–H groups in total. The zero-order valence-electron chi connectivity index (χ0n) is 12.7. The van der Waals surface area contributed by atoms with Crippen molar-refractivity contribution in [3.63, 3.8) is 0 Å². The molecule has 1 atom stereocenters. The van der Waals surface area contributed by atoms with Crippen LogP contribution in [-0.4, -0.2) is 4.98 Å². The average molecular weight is 323 g/mol. The fourth-order valence-electron chi connectivity index (χ4n) is 2.24. The third-order valence-corrected chi connectivity index (χ3v) is 4.07. The first kappa shape index (κ1) is 16.1. The Labute approximate surface area is 136 Å². The van der Waals surface area contributed by atoms with Gasteiger partial charge >= 0.3 is 0 Å². The van der Waals surface area contributed by atoms with Crippen LogP contribution < -0.4 is 5.32 Å². The van der Waals surface area contributed by atoms with Gasteiger partial charge in [0.1, 0.15) is 5.15 Å². The second kappa shape index (κ2) is 6.67. The van der Waals surface area contributed by atoms with E-state index in [-0.39, 0.29) is 6.04 Å². The van der Waals surface area contributed by atoms with Crippen molar-refractivity contribution in [1.82, 2.24) is 4.98 Å². The molecule has 0 aliphatic carbocycles. The van der Waals surface area contributed by atoms with E-state index in [0.29, 0.717) is 16.2 Å². The number of anilines is 1. The van der Waals surface area contributed by atoms with Crippen molar-refractivity contribution in [2.24, 2.45) is 0 Å². The van der Waals surface area contributed by atoms with E-state index in [9.17, 15) is 0 Å². The topological polar surface area (TPSA) is 24.9 Å². The van der Waals surface area contributed by atoms with Crippen LogP contribution in [0.5, 0.6) is 0 Å². The lowest BCUT2D eigenvalue weighted by Crippen LogP contribution is -2.09. The maximum Gasteiger partial charge on any atom is 0.154 e. The number of benzene rings is 1. The third kappa shape index (κ3) is 3.90. The van der Waals surface area contributed by atoms with Crippen molar-refractivity contribution < 1.29 is 0 Å². The van der Waals surface area contributed by atoms with Gasteiger partial charge < -0.3 is 5.32 Å². The number of nitrogens with one attached hydrogen (secondary N) is 1. The van der Waals surface area contributed by atoms with Crippen LogP contribution in [0.2, 0.25) is 10.3 Å². The standard InChI is InChI=1S/C17H20Cl2N2/c1-10(2)13-5-7-14(8-6-13)12(4)20-16-11(3)9-15(18)21-17(16)19/h5-10,12,20H,1-4H3. The van der Waals surface area contributed by atoms with Gasteiger partial charge in [0.05, 0.1) is 5.69 Å². The largest absolute Gasteiger partial charge is 0.376 e. The maximum absolute atomic E-state index is 6.18. The first-order valence-electron chi connectivity index (χ1n) is 7.07. The van der Waals surface area contributed by atoms with Crippen molar-refractivity contribution in [2.45, 2.75) is 39.7 Å². The van der Waals surface area contributed by atoms with Gasteiger partial charge in [0.25, 0.3) is 0 Å². The molecule has 0 saturated heterocycles. The highest BCUT2D eigenvalue weighted by atomic mass is 35.5. The van der Waals surface area contributed by atoms with Crippen LogP contribution in [0.25, 0.3) is 0 Å². The van der Waals surface area contributed by atoms with E-state index in [1.54, 1.807) is 0 Å². The highest BCUT2D eigenvalue weighted by Gasteiger charge is 2.12. The van der Waals surface area contributed by atoms with Crippen LogP contribution >= 0.6 is 23.2 Å². The lowest BCUT2D eigenvalue weighted by molar-refractivity contribution is 0.851. The van der Waals surface area contributed by atoms with Crippen LogP contribution in [0.15, 0.2) is 30.3 Å². The average Bonchev–Trinajstić information content (AvgIpc) is 2.42. The highest BCUT2D eigenvalue weighted by Crippen LogP contribution is 2.30. The number of rotatable bonds is 4. The summed E-state index contributed by atoms with van der Waals surface area (Å²) >= 11 is 12.1. The van der Waals surface area contributed by atoms with E-state index < -0.39 is 0 Å². The summed E-state index contributed by atoms with van der Waals surface area (Å²) in [6, 6.07) is 10.6. The zero-order chi connectivity index (χ0) is 15.6. The van der Waals surface area contributed by atoms with Gasteiger partial charge in [0.15, 0.2) is 5.15 Å². The molecule has 1 unspecified atom stereocenters. The van der Waals surface area contributed by atoms with Crippen LogP contribution in [0.4, 0.5) is 5.69 Å². The number of hydrogen-bond donors (Lipinski definition) is 1. The number of halogens is 2. The minimum absolute atomic E-state index is 0.144. The van der Waals surface area contributed by atoms with Crippen molar-refractivity contribution in [3.05, 3.63) is 57.3 Å². The number of aryl methyl sites for hydroxylation is 1. The summed E-state index contributed by atoms with van der Waals surface area (Å²) in [5.74, 6) is 0.541. The quantitative estimate of drug-likeness (QED) is 0.699. The summed E-state index contributed by atoms with van der Waals surface area (Å²) in [6.45, 7) is 8.46. The fourth-order valence-corrected chi connectivity index (χ4v) is 2.82. The second-order valence-electron chi connectivity index (χ2n) is 5.62. The second-order valence-corrected chi connectivity index (χ2v) is 6.36. The van der Waals surface area contributed by atoms with Crippen LogP contribution in [0, 0.1) is 6.92 Å². The maximum atomic E-state index is 6.18. The molecule has 0 aliphatic rings. The molecule has 0 fully saturated rings. The molecule has 2 nitrogen and oxygen atoms in total. The summed E-state index contributed by atoms with van der Waals surface area (Å²) in [6.07, 6.45) is 0. The minimum Gasteiger partial charge on any atom is -0.376 e. The number of aromatic nitrogens is 1. The monoisotopic (exact) mass is 322 g/mol. The van der Waals surface area contributed by atoms with Crippen LogP contribution in [0.1, 0.15) is 49.4 Å². The molecule has 0 amide bonds. The summed E-state index contributed by atoms with van der Waals surface area (Å²) in [7, 11) is 0. The molecule has 0 radical (unpaired) electrons. The van der Waals surface area contributed by atoms with Gasteiger partial charge in [0.2, 0.25) is 0 Å². The molecule has 0 spiro atoms. The van der Waals surface area contributed by atoms with E-state index in [4.69, 9.17) is 23.2 Å². The first-order chi connectivity index (χ1) is 9.88. The Hall–Kier alpha value is -1.25. The summed E-state index contributed by atoms with van der Waals surface area (Å²) in [4.78, 5) is 4.09. The Bertz CT molecular complexity index is 598. The predicted octanol–water partition coefficient (Wildman–Crippen LogP) is 5.99. The molecule has 1 heterocycles. The Morgan fingerprint density at radius 2 is 1.57 bits per heavy atom. The first-order valence-corrected chi connectivity index (χ1v) is 7.83.